The second kappa shape index (κ2) is 2.98. The van der Waals surface area contributed by atoms with Crippen LogP contribution in [-0.2, 0) is 0 Å². The van der Waals surface area contributed by atoms with E-state index in [1.807, 2.05) is 0 Å². The second-order valence-electron chi connectivity index (χ2n) is 2.36. The molecule has 0 saturated heterocycles. The molecule has 0 amide bonds. The SMILES string of the molecule is O=c1[nH]cc(-c2cscn2)c(=O)[nH]1. The van der Waals surface area contributed by atoms with E-state index in [2.05, 4.69) is 15.0 Å². The Labute approximate surface area is 76.1 Å². The first kappa shape index (κ1) is 7.93. The molecule has 0 aliphatic rings. The van der Waals surface area contributed by atoms with Gasteiger partial charge in [-0.25, -0.2) is 9.78 Å². The van der Waals surface area contributed by atoms with Crippen LogP contribution < -0.4 is 11.2 Å². The number of thiazole rings is 1. The van der Waals surface area contributed by atoms with Gasteiger partial charge in [-0.3, -0.25) is 9.78 Å². The molecule has 6 heteroatoms. The number of nitrogens with one attached hydrogen (secondary N) is 2. The van der Waals surface area contributed by atoms with Crippen molar-refractivity contribution in [3.05, 3.63) is 37.9 Å². The molecule has 2 rings (SSSR count). The molecule has 2 heterocycles. The van der Waals surface area contributed by atoms with Gasteiger partial charge in [0.2, 0.25) is 0 Å². The van der Waals surface area contributed by atoms with Crippen LogP contribution in [0.5, 0.6) is 0 Å². The number of aromatic amines is 2. The Morgan fingerprint density at radius 2 is 2.23 bits per heavy atom. The van der Waals surface area contributed by atoms with Crippen LogP contribution in [-0.4, -0.2) is 15.0 Å². The second-order valence-corrected chi connectivity index (χ2v) is 3.08. The van der Waals surface area contributed by atoms with Crippen LogP contribution in [0.15, 0.2) is 26.7 Å². The third-order valence-electron chi connectivity index (χ3n) is 1.53. The van der Waals surface area contributed by atoms with Crippen LogP contribution in [0.3, 0.4) is 0 Å². The maximum Gasteiger partial charge on any atom is 0.325 e. The highest BCUT2D eigenvalue weighted by atomic mass is 32.1. The molecule has 0 saturated carbocycles. The van der Waals surface area contributed by atoms with Crippen molar-refractivity contribution in [2.24, 2.45) is 0 Å². The molecule has 0 unspecified atom stereocenters. The van der Waals surface area contributed by atoms with Gasteiger partial charge in [0, 0.05) is 11.6 Å². The van der Waals surface area contributed by atoms with Gasteiger partial charge in [-0.05, 0) is 0 Å². The molecule has 2 N–H and O–H groups in total. The molecule has 0 fully saturated rings. The van der Waals surface area contributed by atoms with Crippen LogP contribution in [0, 0.1) is 0 Å². The number of rotatable bonds is 1. The minimum absolute atomic E-state index is 0.376. The highest BCUT2D eigenvalue weighted by Crippen LogP contribution is 2.12. The molecular formula is C7H5N3O2S. The van der Waals surface area contributed by atoms with Gasteiger partial charge in [0.1, 0.15) is 0 Å². The van der Waals surface area contributed by atoms with E-state index in [0.29, 0.717) is 11.3 Å². The number of aromatic nitrogens is 3. The zero-order valence-corrected chi connectivity index (χ0v) is 7.22. The summed E-state index contributed by atoms with van der Waals surface area (Å²) in [5, 5.41) is 1.74. The molecule has 0 aromatic carbocycles. The first-order chi connectivity index (χ1) is 6.27. The Morgan fingerprint density at radius 1 is 1.38 bits per heavy atom. The molecule has 0 aliphatic carbocycles. The summed E-state index contributed by atoms with van der Waals surface area (Å²) in [6.07, 6.45) is 1.36. The molecule has 0 aliphatic heterocycles. The average Bonchev–Trinajstić information content (AvgIpc) is 2.56. The first-order valence-electron chi connectivity index (χ1n) is 3.48. The number of hydrogen-bond acceptors (Lipinski definition) is 4. The smallest absolute Gasteiger partial charge is 0.313 e. The fourth-order valence-electron chi connectivity index (χ4n) is 0.946. The molecule has 0 radical (unpaired) electrons. The number of H-pyrrole nitrogens is 2. The van der Waals surface area contributed by atoms with E-state index in [1.165, 1.54) is 17.5 Å². The van der Waals surface area contributed by atoms with Gasteiger partial charge in [0.25, 0.3) is 5.56 Å². The Morgan fingerprint density at radius 3 is 2.85 bits per heavy atom. The fraction of sp³-hybridized carbons (Fsp3) is 0. The molecular weight excluding hydrogens is 190 g/mol. The molecule has 0 atom stereocenters. The van der Waals surface area contributed by atoms with E-state index < -0.39 is 11.2 Å². The van der Waals surface area contributed by atoms with Gasteiger partial charge in [0.15, 0.2) is 0 Å². The summed E-state index contributed by atoms with van der Waals surface area (Å²) < 4.78 is 0. The van der Waals surface area contributed by atoms with E-state index in [9.17, 15) is 9.59 Å². The number of nitrogens with zero attached hydrogens (tertiary/aromatic N) is 1. The normalized spacial score (nSPS) is 10.2. The van der Waals surface area contributed by atoms with Crippen molar-refractivity contribution in [3.8, 4) is 11.3 Å². The van der Waals surface area contributed by atoms with Crippen molar-refractivity contribution in [2.75, 3.05) is 0 Å². The van der Waals surface area contributed by atoms with Gasteiger partial charge in [0.05, 0.1) is 16.8 Å². The lowest BCUT2D eigenvalue weighted by Gasteiger charge is -1.91. The molecule has 66 valence electrons. The number of hydrogen-bond donors (Lipinski definition) is 2. The van der Waals surface area contributed by atoms with Crippen molar-refractivity contribution >= 4 is 11.3 Å². The zero-order valence-electron chi connectivity index (χ0n) is 6.40. The quantitative estimate of drug-likeness (QED) is 0.681. The minimum Gasteiger partial charge on any atom is -0.313 e. The summed E-state index contributed by atoms with van der Waals surface area (Å²) in [7, 11) is 0. The zero-order chi connectivity index (χ0) is 9.26. The monoisotopic (exact) mass is 195 g/mol. The Hall–Kier alpha value is -1.69. The molecule has 0 spiro atoms. The summed E-state index contributed by atoms with van der Waals surface area (Å²) in [4.78, 5) is 30.4. The third-order valence-corrected chi connectivity index (χ3v) is 2.11. The van der Waals surface area contributed by atoms with E-state index in [-0.39, 0.29) is 0 Å². The van der Waals surface area contributed by atoms with Crippen LogP contribution in [0.4, 0.5) is 0 Å². The van der Waals surface area contributed by atoms with Gasteiger partial charge < -0.3 is 4.98 Å². The van der Waals surface area contributed by atoms with Crippen molar-refractivity contribution in [1.29, 1.82) is 0 Å². The van der Waals surface area contributed by atoms with Gasteiger partial charge in [-0.2, -0.15) is 0 Å². The van der Waals surface area contributed by atoms with Crippen LogP contribution >= 0.6 is 11.3 Å². The van der Waals surface area contributed by atoms with E-state index in [0.717, 1.165) is 0 Å². The fourth-order valence-corrected chi connectivity index (χ4v) is 1.50. The average molecular weight is 195 g/mol. The largest absolute Gasteiger partial charge is 0.325 e. The van der Waals surface area contributed by atoms with Crippen LogP contribution in [0.25, 0.3) is 11.3 Å². The topological polar surface area (TPSA) is 78.6 Å². The lowest BCUT2D eigenvalue weighted by atomic mass is 10.3. The highest BCUT2D eigenvalue weighted by Gasteiger charge is 2.04. The Bertz CT molecular complexity index is 511. The highest BCUT2D eigenvalue weighted by molar-refractivity contribution is 7.07. The van der Waals surface area contributed by atoms with E-state index >= 15 is 0 Å². The predicted molar refractivity (Wildman–Crippen MR) is 48.8 cm³/mol. The van der Waals surface area contributed by atoms with Gasteiger partial charge in [-0.15, -0.1) is 11.3 Å². The molecule has 5 nitrogen and oxygen atoms in total. The van der Waals surface area contributed by atoms with Crippen LogP contribution in [0.2, 0.25) is 0 Å². The lowest BCUT2D eigenvalue weighted by molar-refractivity contribution is 1.04. The minimum atomic E-state index is -0.510. The summed E-state index contributed by atoms with van der Waals surface area (Å²) in [6.45, 7) is 0. The van der Waals surface area contributed by atoms with Crippen molar-refractivity contribution < 1.29 is 0 Å². The van der Waals surface area contributed by atoms with Gasteiger partial charge >= 0.3 is 5.69 Å². The predicted octanol–water partition coefficient (Wildman–Crippen LogP) is 0.187. The molecule has 2 aromatic heterocycles. The lowest BCUT2D eigenvalue weighted by Crippen LogP contribution is -2.22. The Balaban J connectivity index is 2.67. The maximum atomic E-state index is 11.2. The van der Waals surface area contributed by atoms with E-state index in [4.69, 9.17) is 0 Å². The standard InChI is InChI=1S/C7H5N3O2S/c11-6-4(1-8-7(12)10-6)5-2-13-3-9-5/h1-3H,(H2,8,10,11,12). The molecule has 13 heavy (non-hydrogen) atoms. The summed E-state index contributed by atoms with van der Waals surface area (Å²) in [5.74, 6) is 0. The summed E-state index contributed by atoms with van der Waals surface area (Å²) >= 11 is 1.39. The molecule has 2 aromatic rings. The maximum absolute atomic E-state index is 11.2. The van der Waals surface area contributed by atoms with Crippen molar-refractivity contribution in [1.82, 2.24) is 15.0 Å². The Kier molecular flexibility index (Phi) is 1.82. The van der Waals surface area contributed by atoms with Crippen molar-refractivity contribution in [2.45, 2.75) is 0 Å². The van der Waals surface area contributed by atoms with Crippen LogP contribution in [0.1, 0.15) is 0 Å². The van der Waals surface area contributed by atoms with Gasteiger partial charge in [-0.1, -0.05) is 0 Å². The third kappa shape index (κ3) is 1.43. The summed E-state index contributed by atoms with van der Waals surface area (Å²) in [5.41, 5.74) is 1.64. The van der Waals surface area contributed by atoms with Crippen molar-refractivity contribution in [3.63, 3.8) is 0 Å². The molecule has 0 bridgehead atoms. The van der Waals surface area contributed by atoms with E-state index in [1.54, 1.807) is 10.9 Å². The first-order valence-corrected chi connectivity index (χ1v) is 4.42. The summed E-state index contributed by atoms with van der Waals surface area (Å²) in [6, 6.07) is 0.